The van der Waals surface area contributed by atoms with Gasteiger partial charge in [0.05, 0.1) is 0 Å². The lowest BCUT2D eigenvalue weighted by atomic mass is 10.0. The first kappa shape index (κ1) is 9.52. The predicted octanol–water partition coefficient (Wildman–Crippen LogP) is 0.736. The largest absolute Gasteiger partial charge is 0.340 e. The molecule has 1 amide bonds. The maximum absolute atomic E-state index is 11.5. The molecular weight excluding hydrogens is 152 g/mol. The molecule has 0 aromatic rings. The molecule has 0 bridgehead atoms. The number of piperidine rings is 1. The summed E-state index contributed by atoms with van der Waals surface area (Å²) >= 11 is 0. The molecule has 70 valence electrons. The Morgan fingerprint density at radius 3 is 2.92 bits per heavy atom. The smallest absolute Gasteiger partial charge is 0.224 e. The standard InChI is InChI=1S/C9H18N2O/c1-8-4-2-3-7-11(8)9(12)5-6-10/h8H,2-7,10H2,1H3. The molecule has 1 fully saturated rings. The van der Waals surface area contributed by atoms with Crippen molar-refractivity contribution in [2.24, 2.45) is 5.73 Å². The summed E-state index contributed by atoms with van der Waals surface area (Å²) < 4.78 is 0. The first-order valence-corrected chi connectivity index (χ1v) is 4.75. The monoisotopic (exact) mass is 170 g/mol. The number of hydrogen-bond donors (Lipinski definition) is 1. The molecule has 1 unspecified atom stereocenters. The molecule has 0 aromatic carbocycles. The summed E-state index contributed by atoms with van der Waals surface area (Å²) in [6, 6.07) is 0.429. The van der Waals surface area contributed by atoms with Crippen molar-refractivity contribution in [1.82, 2.24) is 4.90 Å². The summed E-state index contributed by atoms with van der Waals surface area (Å²) in [4.78, 5) is 13.4. The van der Waals surface area contributed by atoms with E-state index in [1.165, 1.54) is 6.42 Å². The van der Waals surface area contributed by atoms with Gasteiger partial charge >= 0.3 is 0 Å². The molecule has 0 aromatic heterocycles. The van der Waals surface area contributed by atoms with Crippen molar-refractivity contribution in [3.8, 4) is 0 Å². The van der Waals surface area contributed by atoms with Crippen LogP contribution in [0, 0.1) is 0 Å². The second kappa shape index (κ2) is 4.45. The first-order valence-electron chi connectivity index (χ1n) is 4.75. The Kier molecular flexibility index (Phi) is 3.53. The van der Waals surface area contributed by atoms with Gasteiger partial charge in [-0.25, -0.2) is 0 Å². The van der Waals surface area contributed by atoms with Crippen molar-refractivity contribution in [2.45, 2.75) is 38.6 Å². The summed E-state index contributed by atoms with van der Waals surface area (Å²) in [5.74, 6) is 0.227. The zero-order chi connectivity index (χ0) is 8.97. The minimum Gasteiger partial charge on any atom is -0.340 e. The normalized spacial score (nSPS) is 24.2. The third-order valence-electron chi connectivity index (χ3n) is 2.48. The Hall–Kier alpha value is -0.570. The Morgan fingerprint density at radius 1 is 1.58 bits per heavy atom. The van der Waals surface area contributed by atoms with Crippen molar-refractivity contribution in [3.63, 3.8) is 0 Å². The maximum atomic E-state index is 11.5. The minimum absolute atomic E-state index is 0.227. The zero-order valence-electron chi connectivity index (χ0n) is 7.75. The highest BCUT2D eigenvalue weighted by Gasteiger charge is 2.21. The second-order valence-electron chi connectivity index (χ2n) is 3.47. The average molecular weight is 170 g/mol. The van der Waals surface area contributed by atoms with Gasteiger partial charge in [-0.05, 0) is 26.2 Å². The summed E-state index contributed by atoms with van der Waals surface area (Å²) in [7, 11) is 0. The van der Waals surface area contributed by atoms with E-state index in [9.17, 15) is 4.79 Å². The van der Waals surface area contributed by atoms with E-state index < -0.39 is 0 Å². The quantitative estimate of drug-likeness (QED) is 0.664. The Bertz CT molecular complexity index is 159. The van der Waals surface area contributed by atoms with Crippen LogP contribution in [0.3, 0.4) is 0 Å². The molecule has 0 spiro atoms. The van der Waals surface area contributed by atoms with Crippen molar-refractivity contribution in [1.29, 1.82) is 0 Å². The van der Waals surface area contributed by atoms with Crippen LogP contribution in [0.5, 0.6) is 0 Å². The van der Waals surface area contributed by atoms with Gasteiger partial charge in [0.25, 0.3) is 0 Å². The average Bonchev–Trinajstić information content (AvgIpc) is 2.05. The summed E-state index contributed by atoms with van der Waals surface area (Å²) in [5.41, 5.74) is 5.33. The number of carbonyl (C=O) groups excluding carboxylic acids is 1. The molecular formula is C9H18N2O. The number of likely N-dealkylation sites (tertiary alicyclic amines) is 1. The van der Waals surface area contributed by atoms with Gasteiger partial charge in [0, 0.05) is 25.6 Å². The Labute approximate surface area is 73.9 Å². The van der Waals surface area contributed by atoms with Crippen LogP contribution in [-0.4, -0.2) is 29.9 Å². The van der Waals surface area contributed by atoms with E-state index in [-0.39, 0.29) is 5.91 Å². The SMILES string of the molecule is CC1CCCCN1C(=O)CCN. The molecule has 1 saturated heterocycles. The van der Waals surface area contributed by atoms with E-state index in [2.05, 4.69) is 6.92 Å². The van der Waals surface area contributed by atoms with Crippen LogP contribution in [0.15, 0.2) is 0 Å². The molecule has 3 nitrogen and oxygen atoms in total. The molecule has 0 saturated carbocycles. The fourth-order valence-corrected chi connectivity index (χ4v) is 1.74. The van der Waals surface area contributed by atoms with E-state index in [0.717, 1.165) is 19.4 Å². The van der Waals surface area contributed by atoms with Gasteiger partial charge in [0.1, 0.15) is 0 Å². The molecule has 1 heterocycles. The number of rotatable bonds is 2. The molecule has 1 aliphatic rings. The van der Waals surface area contributed by atoms with Gasteiger partial charge in [0.2, 0.25) is 5.91 Å². The molecule has 3 heteroatoms. The van der Waals surface area contributed by atoms with Crippen molar-refractivity contribution in [3.05, 3.63) is 0 Å². The highest BCUT2D eigenvalue weighted by atomic mass is 16.2. The molecule has 0 radical (unpaired) electrons. The maximum Gasteiger partial charge on any atom is 0.224 e. The molecule has 2 N–H and O–H groups in total. The van der Waals surface area contributed by atoms with Gasteiger partial charge < -0.3 is 10.6 Å². The van der Waals surface area contributed by atoms with Gasteiger partial charge in [-0.2, -0.15) is 0 Å². The number of hydrogen-bond acceptors (Lipinski definition) is 2. The fraction of sp³-hybridized carbons (Fsp3) is 0.889. The van der Waals surface area contributed by atoms with Gasteiger partial charge in [-0.1, -0.05) is 0 Å². The van der Waals surface area contributed by atoms with Crippen LogP contribution >= 0.6 is 0 Å². The third-order valence-corrected chi connectivity index (χ3v) is 2.48. The zero-order valence-corrected chi connectivity index (χ0v) is 7.75. The van der Waals surface area contributed by atoms with Crippen molar-refractivity contribution < 1.29 is 4.79 Å². The summed E-state index contributed by atoms with van der Waals surface area (Å²) in [6.07, 6.45) is 4.06. The lowest BCUT2D eigenvalue weighted by Crippen LogP contribution is -2.42. The van der Waals surface area contributed by atoms with Crippen LogP contribution in [0.4, 0.5) is 0 Å². The van der Waals surface area contributed by atoms with E-state index in [4.69, 9.17) is 5.73 Å². The van der Waals surface area contributed by atoms with Crippen LogP contribution in [-0.2, 0) is 4.79 Å². The number of carbonyl (C=O) groups is 1. The molecule has 12 heavy (non-hydrogen) atoms. The van der Waals surface area contributed by atoms with Gasteiger partial charge in [-0.3, -0.25) is 4.79 Å². The number of amides is 1. The van der Waals surface area contributed by atoms with E-state index in [1.54, 1.807) is 0 Å². The predicted molar refractivity (Wildman–Crippen MR) is 48.7 cm³/mol. The lowest BCUT2D eigenvalue weighted by Gasteiger charge is -2.33. The van der Waals surface area contributed by atoms with Crippen LogP contribution in [0.2, 0.25) is 0 Å². The second-order valence-corrected chi connectivity index (χ2v) is 3.47. The molecule has 1 atom stereocenters. The number of nitrogens with two attached hydrogens (primary N) is 1. The first-order chi connectivity index (χ1) is 5.75. The Morgan fingerprint density at radius 2 is 2.33 bits per heavy atom. The lowest BCUT2D eigenvalue weighted by molar-refractivity contribution is -0.134. The van der Waals surface area contributed by atoms with Gasteiger partial charge in [0.15, 0.2) is 0 Å². The summed E-state index contributed by atoms with van der Waals surface area (Å²) in [5, 5.41) is 0. The minimum atomic E-state index is 0.227. The number of nitrogens with zero attached hydrogens (tertiary/aromatic N) is 1. The molecule has 1 rings (SSSR count). The highest BCUT2D eigenvalue weighted by Crippen LogP contribution is 2.16. The van der Waals surface area contributed by atoms with E-state index in [0.29, 0.717) is 19.0 Å². The molecule has 0 aliphatic carbocycles. The van der Waals surface area contributed by atoms with E-state index >= 15 is 0 Å². The topological polar surface area (TPSA) is 46.3 Å². The summed E-state index contributed by atoms with van der Waals surface area (Å²) in [6.45, 7) is 3.52. The van der Waals surface area contributed by atoms with Crippen LogP contribution in [0.25, 0.3) is 0 Å². The highest BCUT2D eigenvalue weighted by molar-refractivity contribution is 5.76. The van der Waals surface area contributed by atoms with E-state index in [1.807, 2.05) is 4.90 Å². The third kappa shape index (κ3) is 2.21. The van der Waals surface area contributed by atoms with Crippen molar-refractivity contribution in [2.75, 3.05) is 13.1 Å². The molecule has 1 aliphatic heterocycles. The van der Waals surface area contributed by atoms with Crippen LogP contribution in [0.1, 0.15) is 32.6 Å². The van der Waals surface area contributed by atoms with Crippen LogP contribution < -0.4 is 5.73 Å². The van der Waals surface area contributed by atoms with Gasteiger partial charge in [-0.15, -0.1) is 0 Å². The fourth-order valence-electron chi connectivity index (χ4n) is 1.74. The van der Waals surface area contributed by atoms with Crippen molar-refractivity contribution >= 4 is 5.91 Å². The Balaban J connectivity index is 2.42.